The van der Waals surface area contributed by atoms with E-state index < -0.39 is 0 Å². The van der Waals surface area contributed by atoms with E-state index in [1.807, 2.05) is 43.3 Å². The van der Waals surface area contributed by atoms with Crippen molar-refractivity contribution < 1.29 is 14.3 Å². The molecule has 0 aliphatic carbocycles. The van der Waals surface area contributed by atoms with Gasteiger partial charge in [0.2, 0.25) is 11.8 Å². The van der Waals surface area contributed by atoms with Gasteiger partial charge in [0.25, 0.3) is 0 Å². The third-order valence-electron chi connectivity index (χ3n) is 3.45. The summed E-state index contributed by atoms with van der Waals surface area (Å²) in [5.41, 5.74) is 6.22. The molecule has 1 heterocycles. The van der Waals surface area contributed by atoms with Crippen LogP contribution in [0.3, 0.4) is 0 Å². The molecule has 0 bridgehead atoms. The molecule has 0 spiro atoms. The van der Waals surface area contributed by atoms with Crippen LogP contribution < -0.4 is 20.5 Å². The summed E-state index contributed by atoms with van der Waals surface area (Å²) < 4.78 is 11.7. The highest BCUT2D eigenvalue weighted by molar-refractivity contribution is 5.75. The zero-order valence-corrected chi connectivity index (χ0v) is 14.5. The highest BCUT2D eigenvalue weighted by Gasteiger charge is 2.11. The number of carbonyl (C=O) groups excluding carboxylic acids is 1. The molecule has 1 aromatic carbocycles. The van der Waals surface area contributed by atoms with Crippen molar-refractivity contribution in [3.05, 3.63) is 48.2 Å². The number of aromatic nitrogens is 1. The number of hydrogen-bond donors (Lipinski definition) is 2. The Kier molecular flexibility index (Phi) is 7.72. The minimum Gasteiger partial charge on any atom is -0.490 e. The molecule has 6 heteroatoms. The van der Waals surface area contributed by atoms with Gasteiger partial charge >= 0.3 is 0 Å². The van der Waals surface area contributed by atoms with Crippen LogP contribution in [0.2, 0.25) is 0 Å². The molecular weight excluding hydrogens is 318 g/mol. The fourth-order valence-electron chi connectivity index (χ4n) is 2.17. The fraction of sp³-hybridized carbons (Fsp3) is 0.368. The summed E-state index contributed by atoms with van der Waals surface area (Å²) in [6.07, 6.45) is 3.66. The summed E-state index contributed by atoms with van der Waals surface area (Å²) in [6.45, 7) is 3.52. The van der Waals surface area contributed by atoms with Gasteiger partial charge < -0.3 is 20.5 Å². The van der Waals surface area contributed by atoms with Gasteiger partial charge in [-0.25, -0.2) is 4.98 Å². The summed E-state index contributed by atoms with van der Waals surface area (Å²) in [7, 11) is 0. The lowest BCUT2D eigenvalue weighted by Crippen LogP contribution is -2.23. The topological polar surface area (TPSA) is 86.5 Å². The molecule has 1 aromatic heterocycles. The molecule has 0 aliphatic rings. The number of hydrogen-bond acceptors (Lipinski definition) is 5. The number of amides is 1. The van der Waals surface area contributed by atoms with Gasteiger partial charge in [-0.1, -0.05) is 25.1 Å². The van der Waals surface area contributed by atoms with Crippen LogP contribution in [-0.2, 0) is 11.3 Å². The van der Waals surface area contributed by atoms with Crippen molar-refractivity contribution in [3.63, 3.8) is 0 Å². The molecule has 0 saturated heterocycles. The molecule has 0 atom stereocenters. The summed E-state index contributed by atoms with van der Waals surface area (Å²) >= 11 is 0. The number of nitrogens with two attached hydrogens (primary N) is 1. The van der Waals surface area contributed by atoms with E-state index in [0.29, 0.717) is 49.9 Å². The van der Waals surface area contributed by atoms with Crippen molar-refractivity contribution in [2.45, 2.75) is 32.7 Å². The predicted molar refractivity (Wildman–Crippen MR) is 96.7 cm³/mol. The van der Waals surface area contributed by atoms with Crippen LogP contribution in [0.4, 0.5) is 0 Å². The van der Waals surface area contributed by atoms with Crippen LogP contribution in [0.15, 0.2) is 42.6 Å². The van der Waals surface area contributed by atoms with Crippen LogP contribution in [0.25, 0.3) is 0 Å². The van der Waals surface area contributed by atoms with Crippen molar-refractivity contribution in [2.24, 2.45) is 5.73 Å². The lowest BCUT2D eigenvalue weighted by molar-refractivity contribution is -0.121. The summed E-state index contributed by atoms with van der Waals surface area (Å²) in [4.78, 5) is 16.1. The molecule has 3 N–H and O–H groups in total. The molecule has 0 saturated carbocycles. The monoisotopic (exact) mass is 343 g/mol. The van der Waals surface area contributed by atoms with Crippen LogP contribution in [0.5, 0.6) is 17.4 Å². The van der Waals surface area contributed by atoms with Crippen LogP contribution in [0, 0.1) is 0 Å². The van der Waals surface area contributed by atoms with Crippen molar-refractivity contribution in [1.82, 2.24) is 10.3 Å². The van der Waals surface area contributed by atoms with Gasteiger partial charge in [0, 0.05) is 24.7 Å². The molecule has 1 amide bonds. The van der Waals surface area contributed by atoms with Crippen molar-refractivity contribution in [3.8, 4) is 17.4 Å². The number of benzene rings is 1. The van der Waals surface area contributed by atoms with Crippen molar-refractivity contribution >= 4 is 5.91 Å². The Morgan fingerprint density at radius 1 is 1.20 bits per heavy atom. The molecule has 0 aliphatic heterocycles. The molecule has 2 rings (SSSR count). The van der Waals surface area contributed by atoms with Gasteiger partial charge in [-0.2, -0.15) is 0 Å². The first-order valence-corrected chi connectivity index (χ1v) is 8.55. The first-order chi connectivity index (χ1) is 12.2. The van der Waals surface area contributed by atoms with E-state index in [0.717, 1.165) is 12.0 Å². The molecule has 2 aromatic rings. The maximum atomic E-state index is 11.8. The molecule has 134 valence electrons. The Bertz CT molecular complexity index is 676. The van der Waals surface area contributed by atoms with Crippen molar-refractivity contribution in [1.29, 1.82) is 0 Å². The first-order valence-electron chi connectivity index (χ1n) is 8.55. The third kappa shape index (κ3) is 6.08. The number of nitrogens with one attached hydrogen (secondary N) is 1. The Hall–Kier alpha value is -2.60. The molecule has 25 heavy (non-hydrogen) atoms. The second-order valence-electron chi connectivity index (χ2n) is 5.53. The Labute approximate surface area is 148 Å². The van der Waals surface area contributed by atoms with Gasteiger partial charge in [0.15, 0.2) is 11.5 Å². The number of carbonyl (C=O) groups is 1. The predicted octanol–water partition coefficient (Wildman–Crippen LogP) is 3.02. The molecule has 0 radical (unpaired) electrons. The number of ether oxygens (including phenoxy) is 2. The lowest BCUT2D eigenvalue weighted by atomic mass is 10.2. The second kappa shape index (κ2) is 10.3. The van der Waals surface area contributed by atoms with E-state index in [2.05, 4.69) is 10.3 Å². The maximum Gasteiger partial charge on any atom is 0.224 e. The smallest absolute Gasteiger partial charge is 0.224 e. The van der Waals surface area contributed by atoms with Gasteiger partial charge in [-0.3, -0.25) is 4.79 Å². The van der Waals surface area contributed by atoms with Gasteiger partial charge in [0.05, 0.1) is 6.61 Å². The van der Waals surface area contributed by atoms with Gasteiger partial charge in [-0.05, 0) is 37.6 Å². The van der Waals surface area contributed by atoms with E-state index in [1.165, 1.54) is 0 Å². The highest BCUT2D eigenvalue weighted by Crippen LogP contribution is 2.31. The summed E-state index contributed by atoms with van der Waals surface area (Å²) in [6, 6.07) is 11.2. The maximum absolute atomic E-state index is 11.8. The Morgan fingerprint density at radius 3 is 2.76 bits per heavy atom. The second-order valence-corrected chi connectivity index (χ2v) is 5.53. The van der Waals surface area contributed by atoms with Crippen molar-refractivity contribution in [2.75, 3.05) is 13.2 Å². The van der Waals surface area contributed by atoms with Gasteiger partial charge in [-0.15, -0.1) is 0 Å². The lowest BCUT2D eigenvalue weighted by Gasteiger charge is -2.14. The summed E-state index contributed by atoms with van der Waals surface area (Å²) in [5, 5.41) is 2.86. The molecule has 0 fully saturated rings. The zero-order chi connectivity index (χ0) is 17.9. The van der Waals surface area contributed by atoms with Crippen LogP contribution in [-0.4, -0.2) is 24.0 Å². The standard InChI is InChI=1S/C19H25N3O3/c1-2-13-24-16-8-3-4-9-17(16)25-19-15(7-6-12-21-19)14-22-18(23)10-5-11-20/h3-4,6-9,12H,2,5,10-11,13-14,20H2,1H3,(H,22,23). The van der Waals surface area contributed by atoms with Crippen LogP contribution >= 0.6 is 0 Å². The minimum atomic E-state index is -0.0352. The Balaban J connectivity index is 2.07. The molecule has 0 unspecified atom stereocenters. The largest absolute Gasteiger partial charge is 0.490 e. The van der Waals surface area contributed by atoms with E-state index in [4.69, 9.17) is 15.2 Å². The minimum absolute atomic E-state index is 0.0352. The average Bonchev–Trinajstić information content (AvgIpc) is 2.65. The fourth-order valence-corrected chi connectivity index (χ4v) is 2.17. The van der Waals surface area contributed by atoms with E-state index >= 15 is 0 Å². The quantitative estimate of drug-likeness (QED) is 0.692. The van der Waals surface area contributed by atoms with E-state index in [-0.39, 0.29) is 5.91 Å². The SMILES string of the molecule is CCCOc1ccccc1Oc1ncccc1CNC(=O)CCCN. The number of pyridine rings is 1. The average molecular weight is 343 g/mol. The number of nitrogens with zero attached hydrogens (tertiary/aromatic N) is 1. The summed E-state index contributed by atoms with van der Waals surface area (Å²) in [5.74, 6) is 1.69. The zero-order valence-electron chi connectivity index (χ0n) is 14.5. The molecule has 6 nitrogen and oxygen atoms in total. The van der Waals surface area contributed by atoms with E-state index in [1.54, 1.807) is 6.20 Å². The Morgan fingerprint density at radius 2 is 2.00 bits per heavy atom. The molecular formula is C19H25N3O3. The van der Waals surface area contributed by atoms with Gasteiger partial charge in [0.1, 0.15) is 0 Å². The highest BCUT2D eigenvalue weighted by atomic mass is 16.5. The first kappa shape index (κ1) is 18.7. The normalized spacial score (nSPS) is 10.3. The number of para-hydroxylation sites is 2. The number of rotatable bonds is 10. The van der Waals surface area contributed by atoms with E-state index in [9.17, 15) is 4.79 Å². The third-order valence-corrected chi connectivity index (χ3v) is 3.45. The van der Waals surface area contributed by atoms with Crippen LogP contribution in [0.1, 0.15) is 31.7 Å².